The van der Waals surface area contributed by atoms with Gasteiger partial charge in [-0.2, -0.15) is 0 Å². The average Bonchev–Trinajstić information content (AvgIpc) is 2.66. The van der Waals surface area contributed by atoms with E-state index in [0.29, 0.717) is 24.7 Å². The molecule has 1 aromatic carbocycles. The smallest absolute Gasteiger partial charge is 0.337 e. The van der Waals surface area contributed by atoms with Crippen molar-refractivity contribution in [3.63, 3.8) is 0 Å². The van der Waals surface area contributed by atoms with E-state index in [1.807, 2.05) is 12.1 Å². The molecule has 0 spiro atoms. The first-order chi connectivity index (χ1) is 12.2. The van der Waals surface area contributed by atoms with Crippen LogP contribution in [0.1, 0.15) is 54.4 Å². The van der Waals surface area contributed by atoms with Gasteiger partial charge in [0, 0.05) is 12.5 Å². The SMILES string of the molecule is COC(=O)c1ccc(CNC(=O)C[NH+]2CCC[C@@H]3CCCC[C@@H]32)cc1. The van der Waals surface area contributed by atoms with E-state index in [2.05, 4.69) is 5.32 Å². The first-order valence-electron chi connectivity index (χ1n) is 9.46. The number of hydrogen-bond acceptors (Lipinski definition) is 3. The van der Waals surface area contributed by atoms with Gasteiger partial charge in [0.05, 0.1) is 25.3 Å². The summed E-state index contributed by atoms with van der Waals surface area (Å²) in [7, 11) is 1.37. The summed E-state index contributed by atoms with van der Waals surface area (Å²) in [6.07, 6.45) is 7.91. The van der Waals surface area contributed by atoms with Gasteiger partial charge in [-0.15, -0.1) is 0 Å². The third-order valence-electron chi connectivity index (χ3n) is 5.76. The molecular formula is C20H29N2O3+. The fourth-order valence-corrected chi connectivity index (χ4v) is 4.43. The number of likely N-dealkylation sites (tertiary alicyclic amines) is 1. The number of rotatable bonds is 5. The summed E-state index contributed by atoms with van der Waals surface area (Å²) in [5.74, 6) is 0.612. The quantitative estimate of drug-likeness (QED) is 0.792. The van der Waals surface area contributed by atoms with Crippen LogP contribution < -0.4 is 10.2 Å². The Morgan fingerprint density at radius 1 is 1.12 bits per heavy atom. The number of amides is 1. The van der Waals surface area contributed by atoms with Crippen molar-refractivity contribution in [3.05, 3.63) is 35.4 Å². The summed E-state index contributed by atoms with van der Waals surface area (Å²) >= 11 is 0. The molecule has 0 bridgehead atoms. The lowest BCUT2D eigenvalue weighted by Gasteiger charge is -2.40. The topological polar surface area (TPSA) is 59.8 Å². The molecule has 1 aromatic rings. The Morgan fingerprint density at radius 2 is 1.84 bits per heavy atom. The Bertz CT molecular complexity index is 597. The summed E-state index contributed by atoms with van der Waals surface area (Å²) in [5.41, 5.74) is 1.52. The van der Waals surface area contributed by atoms with E-state index in [9.17, 15) is 9.59 Å². The van der Waals surface area contributed by atoms with E-state index in [0.717, 1.165) is 18.0 Å². The maximum absolute atomic E-state index is 12.4. The summed E-state index contributed by atoms with van der Waals surface area (Å²) in [5, 5.41) is 3.03. The molecule has 1 unspecified atom stereocenters. The van der Waals surface area contributed by atoms with Gasteiger partial charge in [-0.1, -0.05) is 18.6 Å². The van der Waals surface area contributed by atoms with Crippen molar-refractivity contribution >= 4 is 11.9 Å². The molecule has 3 atom stereocenters. The zero-order valence-electron chi connectivity index (χ0n) is 15.1. The van der Waals surface area contributed by atoms with Crippen molar-refractivity contribution in [3.8, 4) is 0 Å². The van der Waals surface area contributed by atoms with Gasteiger partial charge in [-0.05, 0) is 49.8 Å². The number of hydrogen-bond donors (Lipinski definition) is 2. The second-order valence-electron chi connectivity index (χ2n) is 7.34. The van der Waals surface area contributed by atoms with E-state index in [4.69, 9.17) is 4.74 Å². The van der Waals surface area contributed by atoms with Gasteiger partial charge in [-0.3, -0.25) is 4.79 Å². The van der Waals surface area contributed by atoms with Crippen LogP contribution in [0.25, 0.3) is 0 Å². The van der Waals surface area contributed by atoms with Gasteiger partial charge in [0.2, 0.25) is 0 Å². The lowest BCUT2D eigenvalue weighted by atomic mass is 9.78. The number of carbonyl (C=O) groups is 2. The number of nitrogens with one attached hydrogen (secondary N) is 2. The molecular weight excluding hydrogens is 316 g/mol. The molecule has 3 rings (SSSR count). The number of fused-ring (bicyclic) bond motifs is 1. The van der Waals surface area contributed by atoms with E-state index < -0.39 is 0 Å². The van der Waals surface area contributed by atoms with E-state index >= 15 is 0 Å². The molecule has 2 fully saturated rings. The standard InChI is InChI=1S/C20H28N2O3/c1-25-20(24)17-10-8-15(9-11-17)13-21-19(23)14-22-12-4-6-16-5-2-3-7-18(16)22/h8-11,16,18H,2-7,12-14H2,1H3,(H,21,23)/p+1/t16-,18-/m0/s1. The first kappa shape index (κ1) is 17.9. The number of benzene rings is 1. The predicted molar refractivity (Wildman–Crippen MR) is 95.3 cm³/mol. The molecule has 2 N–H and O–H groups in total. The number of carbonyl (C=O) groups excluding carboxylic acids is 2. The summed E-state index contributed by atoms with van der Waals surface area (Å²) in [4.78, 5) is 25.3. The van der Waals surface area contributed by atoms with Gasteiger partial charge in [0.25, 0.3) is 5.91 Å². The monoisotopic (exact) mass is 345 g/mol. The van der Waals surface area contributed by atoms with Crippen molar-refractivity contribution < 1.29 is 19.2 Å². The van der Waals surface area contributed by atoms with Crippen molar-refractivity contribution in [2.45, 2.75) is 51.1 Å². The minimum absolute atomic E-state index is 0.123. The van der Waals surface area contributed by atoms with Crippen LogP contribution in [0.2, 0.25) is 0 Å². The number of esters is 1. The van der Waals surface area contributed by atoms with Crippen LogP contribution in [-0.4, -0.2) is 38.1 Å². The van der Waals surface area contributed by atoms with Crippen LogP contribution in [0.5, 0.6) is 0 Å². The third-order valence-corrected chi connectivity index (χ3v) is 5.76. The van der Waals surface area contributed by atoms with Crippen LogP contribution in [0.15, 0.2) is 24.3 Å². The fraction of sp³-hybridized carbons (Fsp3) is 0.600. The molecule has 1 amide bonds. The second-order valence-corrected chi connectivity index (χ2v) is 7.34. The lowest BCUT2D eigenvalue weighted by Crippen LogP contribution is -3.18. The number of quaternary nitrogens is 1. The van der Waals surface area contributed by atoms with Crippen molar-refractivity contribution in [1.82, 2.24) is 5.32 Å². The Labute approximate surface area is 149 Å². The van der Waals surface area contributed by atoms with E-state index in [1.54, 1.807) is 12.1 Å². The number of methoxy groups -OCH3 is 1. The Kier molecular flexibility index (Phi) is 6.08. The summed E-state index contributed by atoms with van der Waals surface area (Å²) in [6, 6.07) is 7.87. The van der Waals surface area contributed by atoms with Crippen LogP contribution in [0.4, 0.5) is 0 Å². The Hall–Kier alpha value is -1.88. The molecule has 0 aromatic heterocycles. The number of piperidine rings is 1. The maximum atomic E-state index is 12.4. The van der Waals surface area contributed by atoms with Crippen molar-refractivity contribution in [2.24, 2.45) is 5.92 Å². The number of ether oxygens (including phenoxy) is 1. The Balaban J connectivity index is 1.48. The molecule has 5 nitrogen and oxygen atoms in total. The minimum atomic E-state index is -0.341. The summed E-state index contributed by atoms with van der Waals surface area (Å²) < 4.78 is 4.69. The zero-order chi connectivity index (χ0) is 17.6. The average molecular weight is 345 g/mol. The second kappa shape index (κ2) is 8.48. The minimum Gasteiger partial charge on any atom is -0.465 e. The van der Waals surface area contributed by atoms with E-state index in [1.165, 1.54) is 50.5 Å². The van der Waals surface area contributed by atoms with Crippen LogP contribution in [0.3, 0.4) is 0 Å². The van der Waals surface area contributed by atoms with Gasteiger partial charge in [0.15, 0.2) is 6.54 Å². The van der Waals surface area contributed by atoms with Crippen molar-refractivity contribution in [2.75, 3.05) is 20.2 Å². The third kappa shape index (κ3) is 4.60. The Morgan fingerprint density at radius 3 is 2.60 bits per heavy atom. The molecule has 0 radical (unpaired) electrons. The van der Waals surface area contributed by atoms with Gasteiger partial charge >= 0.3 is 5.97 Å². The highest BCUT2D eigenvalue weighted by molar-refractivity contribution is 5.89. The van der Waals surface area contributed by atoms with Gasteiger partial charge in [0.1, 0.15) is 0 Å². The molecule has 1 heterocycles. The predicted octanol–water partition coefficient (Wildman–Crippen LogP) is 1.33. The van der Waals surface area contributed by atoms with Gasteiger partial charge < -0.3 is 15.0 Å². The molecule has 136 valence electrons. The molecule has 2 aliphatic rings. The highest BCUT2D eigenvalue weighted by Gasteiger charge is 2.37. The molecule has 25 heavy (non-hydrogen) atoms. The normalized spacial score (nSPS) is 25.7. The van der Waals surface area contributed by atoms with Crippen molar-refractivity contribution in [1.29, 1.82) is 0 Å². The van der Waals surface area contributed by atoms with Crippen LogP contribution in [-0.2, 0) is 16.1 Å². The van der Waals surface area contributed by atoms with Crippen LogP contribution >= 0.6 is 0 Å². The highest BCUT2D eigenvalue weighted by Crippen LogP contribution is 2.28. The molecule has 1 aliphatic heterocycles. The van der Waals surface area contributed by atoms with Crippen LogP contribution in [0, 0.1) is 5.92 Å². The largest absolute Gasteiger partial charge is 0.465 e. The molecule has 1 saturated carbocycles. The molecule has 5 heteroatoms. The maximum Gasteiger partial charge on any atom is 0.337 e. The lowest BCUT2D eigenvalue weighted by molar-refractivity contribution is -0.928. The highest BCUT2D eigenvalue weighted by atomic mass is 16.5. The molecule has 1 aliphatic carbocycles. The fourth-order valence-electron chi connectivity index (χ4n) is 4.43. The summed E-state index contributed by atoms with van der Waals surface area (Å²) in [6.45, 7) is 2.21. The van der Waals surface area contributed by atoms with E-state index in [-0.39, 0.29) is 11.9 Å². The van der Waals surface area contributed by atoms with Gasteiger partial charge in [-0.25, -0.2) is 4.79 Å². The molecule has 1 saturated heterocycles. The first-order valence-corrected chi connectivity index (χ1v) is 9.46. The zero-order valence-corrected chi connectivity index (χ0v) is 15.1.